The Morgan fingerprint density at radius 2 is 1.64 bits per heavy atom. The van der Waals surface area contributed by atoms with Crippen molar-refractivity contribution in [2.45, 2.75) is 20.8 Å². The van der Waals surface area contributed by atoms with Crippen molar-refractivity contribution in [2.24, 2.45) is 7.05 Å². The number of carbonyl (C=O) groups is 2. The first-order chi connectivity index (χ1) is 15.7. The highest BCUT2D eigenvalue weighted by Gasteiger charge is 2.20. The summed E-state index contributed by atoms with van der Waals surface area (Å²) in [5.41, 5.74) is 2.77. The van der Waals surface area contributed by atoms with Gasteiger partial charge in [0.05, 0.1) is 24.5 Å². The van der Waals surface area contributed by atoms with Crippen molar-refractivity contribution in [1.82, 2.24) is 14.3 Å². The Labute approximate surface area is 197 Å². The Hall–Kier alpha value is -3.36. The Morgan fingerprint density at radius 3 is 2.27 bits per heavy atom. The van der Waals surface area contributed by atoms with Crippen molar-refractivity contribution in [2.75, 3.05) is 30.3 Å². The summed E-state index contributed by atoms with van der Waals surface area (Å²) in [6.07, 6.45) is 0. The van der Waals surface area contributed by atoms with E-state index in [2.05, 4.69) is 10.6 Å². The van der Waals surface area contributed by atoms with E-state index >= 15 is 0 Å². The number of nitrogens with zero attached hydrogens (tertiary/aromatic N) is 3. The van der Waals surface area contributed by atoms with Crippen LogP contribution in [-0.2, 0) is 16.6 Å². The summed E-state index contributed by atoms with van der Waals surface area (Å²) in [5, 5.41) is 6.09. The molecular weight excluding hydrogens is 442 g/mol. The average molecular weight is 470 g/mol. The molecule has 0 saturated carbocycles. The number of aromatic nitrogens is 2. The first kappa shape index (κ1) is 24.3. The van der Waals surface area contributed by atoms with E-state index in [0.717, 1.165) is 5.56 Å². The van der Waals surface area contributed by atoms with Gasteiger partial charge < -0.3 is 10.6 Å². The summed E-state index contributed by atoms with van der Waals surface area (Å²) < 4.78 is 3.20. The molecule has 2 amide bonds. The van der Waals surface area contributed by atoms with Crippen LogP contribution in [0.4, 0.5) is 11.4 Å². The van der Waals surface area contributed by atoms with Crippen LogP contribution in [-0.4, -0.2) is 45.7 Å². The zero-order valence-electron chi connectivity index (χ0n) is 19.2. The molecule has 174 valence electrons. The van der Waals surface area contributed by atoms with E-state index in [1.807, 2.05) is 50.2 Å². The molecule has 3 rings (SSSR count). The Bertz CT molecular complexity index is 1220. The largest absolute Gasteiger partial charge is 0.325 e. The molecule has 0 radical (unpaired) electrons. The quantitative estimate of drug-likeness (QED) is 0.529. The minimum absolute atomic E-state index is 0.0257. The molecule has 3 aromatic rings. The molecule has 0 spiro atoms. The van der Waals surface area contributed by atoms with Gasteiger partial charge in [0.25, 0.3) is 5.56 Å². The summed E-state index contributed by atoms with van der Waals surface area (Å²) in [4.78, 5) is 39.9. The van der Waals surface area contributed by atoms with Crippen molar-refractivity contribution >= 4 is 34.8 Å². The fraction of sp³-hybridized carbons (Fsp3) is 0.292. The number of nitrogens with one attached hydrogen (secondary N) is 2. The number of halogens is 1. The monoisotopic (exact) mass is 469 g/mol. The lowest BCUT2D eigenvalue weighted by Gasteiger charge is -2.19. The number of hydrogen-bond donors (Lipinski definition) is 2. The lowest BCUT2D eigenvalue weighted by atomic mass is 10.2. The van der Waals surface area contributed by atoms with Gasteiger partial charge in [-0.25, -0.2) is 4.68 Å². The summed E-state index contributed by atoms with van der Waals surface area (Å²) >= 11 is 6.01. The summed E-state index contributed by atoms with van der Waals surface area (Å²) in [7, 11) is 1.76. The summed E-state index contributed by atoms with van der Waals surface area (Å²) in [5.74, 6) is -0.619. The number of carbonyl (C=O) groups excluding carboxylic acids is 2. The van der Waals surface area contributed by atoms with Crippen LogP contribution in [0.3, 0.4) is 0 Å². The van der Waals surface area contributed by atoms with Gasteiger partial charge in [-0.1, -0.05) is 42.8 Å². The van der Waals surface area contributed by atoms with E-state index in [1.54, 1.807) is 35.7 Å². The molecule has 0 bridgehead atoms. The van der Waals surface area contributed by atoms with Gasteiger partial charge in [0.15, 0.2) is 0 Å². The number of benzene rings is 2. The number of hydrogen-bond acceptors (Lipinski definition) is 4. The Kier molecular flexibility index (Phi) is 7.73. The minimum atomic E-state index is -0.366. The van der Waals surface area contributed by atoms with Crippen LogP contribution in [0.5, 0.6) is 0 Å². The number of rotatable bonds is 8. The summed E-state index contributed by atoms with van der Waals surface area (Å²) in [6, 6.07) is 14.5. The second-order valence-corrected chi connectivity index (χ2v) is 8.23. The third-order valence-corrected chi connectivity index (χ3v) is 5.71. The molecule has 0 fully saturated rings. The van der Waals surface area contributed by atoms with Crippen molar-refractivity contribution in [3.63, 3.8) is 0 Å². The van der Waals surface area contributed by atoms with Crippen molar-refractivity contribution < 1.29 is 9.59 Å². The maximum atomic E-state index is 13.0. The van der Waals surface area contributed by atoms with Gasteiger partial charge in [-0.2, -0.15) is 0 Å². The van der Waals surface area contributed by atoms with Crippen LogP contribution >= 0.6 is 11.6 Å². The fourth-order valence-electron chi connectivity index (χ4n) is 3.50. The van der Waals surface area contributed by atoms with E-state index in [9.17, 15) is 14.4 Å². The van der Waals surface area contributed by atoms with Crippen molar-refractivity contribution in [1.29, 1.82) is 0 Å². The van der Waals surface area contributed by atoms with Crippen LogP contribution in [0, 0.1) is 13.8 Å². The van der Waals surface area contributed by atoms with Crippen LogP contribution in [0.15, 0.2) is 53.3 Å². The van der Waals surface area contributed by atoms with E-state index in [-0.39, 0.29) is 36.2 Å². The molecule has 33 heavy (non-hydrogen) atoms. The zero-order chi connectivity index (χ0) is 24.1. The molecule has 2 aromatic carbocycles. The molecule has 8 nitrogen and oxygen atoms in total. The molecule has 0 aliphatic heterocycles. The molecule has 0 atom stereocenters. The molecule has 1 heterocycles. The van der Waals surface area contributed by atoms with Crippen molar-refractivity contribution in [3.8, 4) is 5.69 Å². The molecule has 1 aromatic heterocycles. The predicted molar refractivity (Wildman–Crippen MR) is 131 cm³/mol. The molecule has 0 saturated heterocycles. The van der Waals surface area contributed by atoms with Crippen LogP contribution in [0.2, 0.25) is 5.02 Å². The average Bonchev–Trinajstić information content (AvgIpc) is 2.99. The lowest BCUT2D eigenvalue weighted by Crippen LogP contribution is -2.39. The lowest BCUT2D eigenvalue weighted by molar-refractivity contribution is -0.119. The maximum Gasteiger partial charge on any atom is 0.295 e. The molecule has 0 aliphatic carbocycles. The second-order valence-electron chi connectivity index (χ2n) is 7.80. The van der Waals surface area contributed by atoms with Gasteiger partial charge >= 0.3 is 0 Å². The Morgan fingerprint density at radius 1 is 1.00 bits per heavy atom. The van der Waals surface area contributed by atoms with E-state index in [0.29, 0.717) is 28.6 Å². The predicted octanol–water partition coefficient (Wildman–Crippen LogP) is 3.35. The van der Waals surface area contributed by atoms with Gasteiger partial charge in [-0.15, -0.1) is 0 Å². The highest BCUT2D eigenvalue weighted by molar-refractivity contribution is 6.31. The maximum absolute atomic E-state index is 13.0. The molecule has 9 heteroatoms. The highest BCUT2D eigenvalue weighted by atomic mass is 35.5. The van der Waals surface area contributed by atoms with Gasteiger partial charge in [-0.3, -0.25) is 24.0 Å². The SMILES string of the molecule is CCN(CC(=O)Nc1cc(Cl)ccc1C)CC(=O)Nc1c(C)n(C)n(-c2ccccc2)c1=O. The third kappa shape index (κ3) is 5.71. The third-order valence-electron chi connectivity index (χ3n) is 5.47. The van der Waals surface area contributed by atoms with Crippen LogP contribution in [0.1, 0.15) is 18.2 Å². The van der Waals surface area contributed by atoms with E-state index in [4.69, 9.17) is 11.6 Å². The number of aryl methyl sites for hydroxylation is 1. The number of likely N-dealkylation sites (N-methyl/N-ethyl adjacent to an activating group) is 1. The molecule has 0 aliphatic rings. The number of anilines is 2. The van der Waals surface area contributed by atoms with Crippen molar-refractivity contribution in [3.05, 3.63) is 75.2 Å². The van der Waals surface area contributed by atoms with Gasteiger partial charge in [0.2, 0.25) is 11.8 Å². The minimum Gasteiger partial charge on any atom is -0.325 e. The molecule has 2 N–H and O–H groups in total. The van der Waals surface area contributed by atoms with Gasteiger partial charge in [-0.05, 0) is 50.2 Å². The standard InChI is InChI=1S/C24H28ClN5O3/c1-5-29(14-21(31)26-20-13-18(25)12-11-16(20)2)15-22(32)27-23-17(3)28(4)30(24(23)33)19-9-7-6-8-10-19/h6-13H,5,14-15H2,1-4H3,(H,26,31)(H,27,32). The number of para-hydroxylation sites is 1. The summed E-state index contributed by atoms with van der Waals surface area (Å²) in [6.45, 7) is 5.99. The topological polar surface area (TPSA) is 88.4 Å². The van der Waals surface area contributed by atoms with Crippen LogP contribution in [0.25, 0.3) is 5.69 Å². The highest BCUT2D eigenvalue weighted by Crippen LogP contribution is 2.20. The zero-order valence-corrected chi connectivity index (χ0v) is 19.9. The van der Waals surface area contributed by atoms with E-state index < -0.39 is 0 Å². The van der Waals surface area contributed by atoms with Crippen LogP contribution < -0.4 is 16.2 Å². The first-order valence-corrected chi connectivity index (χ1v) is 11.0. The smallest absolute Gasteiger partial charge is 0.295 e. The number of amides is 2. The van der Waals surface area contributed by atoms with E-state index in [1.165, 1.54) is 4.68 Å². The Balaban J connectivity index is 1.68. The van der Waals surface area contributed by atoms with Gasteiger partial charge in [0.1, 0.15) is 5.69 Å². The second kappa shape index (κ2) is 10.5. The van der Waals surface area contributed by atoms with Gasteiger partial charge in [0, 0.05) is 17.8 Å². The normalized spacial score (nSPS) is 11.0. The fourth-order valence-corrected chi connectivity index (χ4v) is 3.67. The molecular formula is C24H28ClN5O3. The molecule has 0 unspecified atom stereocenters. The first-order valence-electron chi connectivity index (χ1n) is 10.6.